The van der Waals surface area contributed by atoms with E-state index in [9.17, 15) is 62.1 Å². The minimum Gasteiger partial charge on any atom is -0.449 e. The van der Waals surface area contributed by atoms with Crippen LogP contribution in [0.25, 0.3) is 21.8 Å². The molecule has 0 saturated heterocycles. The van der Waals surface area contributed by atoms with Crippen LogP contribution in [0.1, 0.15) is 73.1 Å². The van der Waals surface area contributed by atoms with Crippen LogP contribution in [0.4, 0.5) is 21.0 Å². The summed E-state index contributed by atoms with van der Waals surface area (Å²) in [7, 11) is -20.8. The van der Waals surface area contributed by atoms with Gasteiger partial charge in [-0.2, -0.15) is 0 Å². The molecule has 4 rings (SSSR count). The van der Waals surface area contributed by atoms with Gasteiger partial charge >= 0.3 is 42.6 Å². The second-order valence-corrected chi connectivity index (χ2v) is 26.4. The number of pyridine rings is 2. The minimum absolute atomic E-state index is 0.0818. The van der Waals surface area contributed by atoms with Gasteiger partial charge in [-0.05, 0) is 134 Å². The van der Waals surface area contributed by atoms with E-state index < -0.39 is 79.1 Å². The van der Waals surface area contributed by atoms with Gasteiger partial charge in [0.2, 0.25) is 5.52 Å². The molecule has 74 heavy (non-hydrogen) atoms. The summed E-state index contributed by atoms with van der Waals surface area (Å²) in [6, 6.07) is 12.4. The standard InChI is InChI=1S/C45H69Cl2N7O16P4/c1-6-51(7-2)24-9-12-32(4)53(40-19-21-48-38-30-34(46)15-17-36(38)40)44(55)68-27-11-14-42(71(57,58)59)74(66,67)70-29-26-52(8-3)25-10-13-33(5)54(41-20-22-49-39-31-35(47)16-18-37(39)41)45(56)69-28-23-50-43(72(60,61)62)73(63,64)65/h15-22,30-33,42-43,50H,6-14,23-29H2,1-5H3,(H,66,67)(H2,57,58,59)(H2,60,61,62)(H2,63,64,65). The lowest BCUT2D eigenvalue weighted by Crippen LogP contribution is -2.41. The van der Waals surface area contributed by atoms with Gasteiger partial charge in [-0.3, -0.25) is 43.3 Å². The molecule has 29 heteroatoms. The number of fused-ring (bicyclic) bond motifs is 2. The molecule has 0 aliphatic heterocycles. The van der Waals surface area contributed by atoms with Crippen molar-refractivity contribution < 1.29 is 76.1 Å². The van der Waals surface area contributed by atoms with Gasteiger partial charge in [0.25, 0.3) is 0 Å². The number of anilines is 2. The molecule has 0 aliphatic carbocycles. The average Bonchev–Trinajstić information content (AvgIpc) is 3.30. The van der Waals surface area contributed by atoms with Crippen molar-refractivity contribution in [1.29, 1.82) is 0 Å². The van der Waals surface area contributed by atoms with E-state index in [2.05, 4.69) is 34.0 Å². The molecule has 0 radical (unpaired) electrons. The number of amides is 2. The Morgan fingerprint density at radius 2 is 1.07 bits per heavy atom. The van der Waals surface area contributed by atoms with Crippen LogP contribution in [0.15, 0.2) is 60.9 Å². The molecule has 4 aromatic rings. The van der Waals surface area contributed by atoms with E-state index in [-0.39, 0.29) is 32.2 Å². The predicted octanol–water partition coefficient (Wildman–Crippen LogP) is 8.39. The summed E-state index contributed by atoms with van der Waals surface area (Å²) in [5.41, 5.74) is -0.563. The molecule has 2 aromatic heterocycles. The molecular formula is C45H69Cl2N7O16P4. The van der Waals surface area contributed by atoms with Crippen molar-refractivity contribution in [2.45, 2.75) is 96.2 Å². The number of halogens is 2. The molecule has 4 atom stereocenters. The zero-order chi connectivity index (χ0) is 55.0. The van der Waals surface area contributed by atoms with Gasteiger partial charge < -0.3 is 58.1 Å². The molecule has 2 heterocycles. The van der Waals surface area contributed by atoms with Crippen LogP contribution in [0.3, 0.4) is 0 Å². The summed E-state index contributed by atoms with van der Waals surface area (Å²) in [5, 5.41) is 2.02. The average molecular weight is 1160 g/mol. The largest absolute Gasteiger partial charge is 0.449 e. The first-order valence-corrected chi connectivity index (χ1v) is 31.5. The Morgan fingerprint density at radius 1 is 0.608 bits per heavy atom. The fraction of sp³-hybridized carbons (Fsp3) is 0.556. The highest BCUT2D eigenvalue weighted by molar-refractivity contribution is 7.71. The van der Waals surface area contributed by atoms with Crippen molar-refractivity contribution in [3.8, 4) is 0 Å². The van der Waals surface area contributed by atoms with E-state index in [0.29, 0.717) is 75.6 Å². The maximum atomic E-state index is 13.9. The highest BCUT2D eigenvalue weighted by atomic mass is 35.5. The van der Waals surface area contributed by atoms with Crippen molar-refractivity contribution >= 4 is 99.0 Å². The van der Waals surface area contributed by atoms with E-state index in [1.807, 2.05) is 18.7 Å². The smallest absolute Gasteiger partial charge is 0.414 e. The van der Waals surface area contributed by atoms with Crippen molar-refractivity contribution in [3.05, 3.63) is 71.0 Å². The number of aromatic nitrogens is 2. The number of benzene rings is 2. The topological polar surface area (TPSA) is 322 Å². The Morgan fingerprint density at radius 3 is 1.51 bits per heavy atom. The molecule has 2 amide bonds. The second-order valence-electron chi connectivity index (χ2n) is 17.5. The van der Waals surface area contributed by atoms with E-state index in [1.54, 1.807) is 61.7 Å². The molecular weight excluding hydrogens is 1090 g/mol. The zero-order valence-electron chi connectivity index (χ0n) is 41.9. The maximum absolute atomic E-state index is 13.9. The molecule has 414 valence electrons. The summed E-state index contributed by atoms with van der Waals surface area (Å²) in [6.07, 6.45) is 2.95. The first-order valence-electron chi connectivity index (χ1n) is 24.0. The van der Waals surface area contributed by atoms with Crippen LogP contribution >= 0.6 is 53.6 Å². The van der Waals surface area contributed by atoms with Crippen molar-refractivity contribution in [2.24, 2.45) is 0 Å². The molecule has 23 nitrogen and oxygen atoms in total. The number of carbonyl (C=O) groups is 2. The third kappa shape index (κ3) is 18.8. The monoisotopic (exact) mass is 1160 g/mol. The van der Waals surface area contributed by atoms with Gasteiger partial charge in [0.05, 0.1) is 35.6 Å². The number of ether oxygens (including phenoxy) is 2. The lowest BCUT2D eigenvalue weighted by atomic mass is 10.1. The molecule has 0 aliphatic rings. The Labute approximate surface area is 440 Å². The number of nitrogens with one attached hydrogen (secondary N) is 1. The molecule has 4 unspecified atom stereocenters. The normalized spacial score (nSPS) is 14.6. The van der Waals surface area contributed by atoms with Crippen LogP contribution in [-0.2, 0) is 32.3 Å². The maximum Gasteiger partial charge on any atom is 0.414 e. The van der Waals surface area contributed by atoms with Crippen LogP contribution in [0.5, 0.6) is 0 Å². The zero-order valence-corrected chi connectivity index (χ0v) is 47.0. The highest BCUT2D eigenvalue weighted by Crippen LogP contribution is 2.64. The molecule has 0 spiro atoms. The number of likely N-dealkylation sites (N-methyl/N-ethyl adjacent to an activating group) is 1. The number of rotatable bonds is 31. The quantitative estimate of drug-likeness (QED) is 0.0173. The Balaban J connectivity index is 1.37. The SMILES string of the molecule is CCN(CC)CCCC(C)N(C(=O)OCCCC(P(=O)(O)O)P(=O)(O)OCCN(CC)CCCC(C)N(C(=O)OCCNC(P(=O)(O)O)P(=O)(O)O)c1ccnc2cc(Cl)ccc12)c1ccnc2cc(Cl)ccc12. The number of nitrogens with zero attached hydrogens (tertiary/aromatic N) is 6. The van der Waals surface area contributed by atoms with Gasteiger partial charge in [-0.25, -0.2) is 9.59 Å². The fourth-order valence-electron chi connectivity index (χ4n) is 8.34. The minimum atomic E-state index is -5.29. The first-order chi connectivity index (χ1) is 34.7. The lowest BCUT2D eigenvalue weighted by Gasteiger charge is -2.30. The van der Waals surface area contributed by atoms with Crippen molar-refractivity contribution in [1.82, 2.24) is 25.1 Å². The summed E-state index contributed by atoms with van der Waals surface area (Å²) in [6.45, 7) is 11.4. The van der Waals surface area contributed by atoms with E-state index in [1.165, 1.54) is 16.0 Å². The first kappa shape index (κ1) is 63.4. The Kier molecular flexibility index (Phi) is 24.9. The van der Waals surface area contributed by atoms with Crippen LogP contribution < -0.4 is 15.1 Å². The van der Waals surface area contributed by atoms with Gasteiger partial charge in [-0.15, -0.1) is 0 Å². The van der Waals surface area contributed by atoms with Crippen LogP contribution in [0, 0.1) is 0 Å². The van der Waals surface area contributed by atoms with Gasteiger partial charge in [-0.1, -0.05) is 44.0 Å². The molecule has 2 aromatic carbocycles. The molecule has 0 bridgehead atoms. The highest BCUT2D eigenvalue weighted by Gasteiger charge is 2.45. The van der Waals surface area contributed by atoms with E-state index >= 15 is 0 Å². The summed E-state index contributed by atoms with van der Waals surface area (Å²) >= 11 is 12.4. The Bertz CT molecular complexity index is 2660. The van der Waals surface area contributed by atoms with Crippen molar-refractivity contribution in [2.75, 3.05) is 75.4 Å². The number of hydrogen-bond donors (Lipinski definition) is 8. The summed E-state index contributed by atoms with van der Waals surface area (Å²) in [5.74, 6) is 0. The Hall–Kier alpha value is -3.14. The molecule has 0 fully saturated rings. The van der Waals surface area contributed by atoms with E-state index in [4.69, 9.17) is 37.2 Å². The van der Waals surface area contributed by atoms with E-state index in [0.717, 1.165) is 26.1 Å². The summed E-state index contributed by atoms with van der Waals surface area (Å²) in [4.78, 5) is 113. The number of carbonyl (C=O) groups excluding carboxylic acids is 2. The van der Waals surface area contributed by atoms with Gasteiger partial charge in [0.1, 0.15) is 6.61 Å². The molecule has 8 N–H and O–H groups in total. The molecule has 0 saturated carbocycles. The third-order valence-corrected chi connectivity index (χ3v) is 20.6. The van der Waals surface area contributed by atoms with Crippen molar-refractivity contribution in [3.63, 3.8) is 0 Å². The van der Waals surface area contributed by atoms with Crippen LogP contribution in [0.2, 0.25) is 10.0 Å². The van der Waals surface area contributed by atoms with Gasteiger partial charge in [0, 0.05) is 58.4 Å². The van der Waals surface area contributed by atoms with Crippen LogP contribution in [-0.4, -0.2) is 155 Å². The second kappa shape index (κ2) is 29.0. The summed E-state index contributed by atoms with van der Waals surface area (Å²) < 4.78 is 66.1. The number of hydrogen-bond acceptors (Lipinski definition) is 14. The lowest BCUT2D eigenvalue weighted by molar-refractivity contribution is 0.148. The third-order valence-electron chi connectivity index (χ3n) is 12.3. The fourth-order valence-corrected chi connectivity index (χ4v) is 14.2. The predicted molar refractivity (Wildman–Crippen MR) is 285 cm³/mol. The van der Waals surface area contributed by atoms with Gasteiger partial charge in [0.15, 0.2) is 5.40 Å².